The highest BCUT2D eigenvalue weighted by Gasteiger charge is 2.36. The molecule has 0 aromatic heterocycles. The van der Waals surface area contributed by atoms with Crippen molar-refractivity contribution in [1.82, 2.24) is 9.80 Å². The summed E-state index contributed by atoms with van der Waals surface area (Å²) in [6, 6.07) is 2.94. The minimum atomic E-state index is -0.469. The fraction of sp³-hybridized carbons (Fsp3) is 0.500. The summed E-state index contributed by atoms with van der Waals surface area (Å²) in [5, 5.41) is 2.79. The lowest BCUT2D eigenvalue weighted by Gasteiger charge is -2.29. The number of rotatable bonds is 4. The zero-order valence-electron chi connectivity index (χ0n) is 13.3. The van der Waals surface area contributed by atoms with Crippen LogP contribution in [0.5, 0.6) is 0 Å². The molecule has 0 saturated carbocycles. The summed E-state index contributed by atoms with van der Waals surface area (Å²) in [4.78, 5) is 28.2. The minimum Gasteiger partial charge on any atom is -0.341 e. The molecule has 1 saturated heterocycles. The van der Waals surface area contributed by atoms with Gasteiger partial charge in [0.2, 0.25) is 5.91 Å². The van der Waals surface area contributed by atoms with Crippen LogP contribution in [0.4, 0.5) is 14.9 Å². The smallest absolute Gasteiger partial charge is 0.322 e. The molecule has 7 heteroatoms. The molecule has 0 spiro atoms. The number of nitrogens with one attached hydrogen (secondary N) is 1. The second kappa shape index (κ2) is 7.64. The highest BCUT2D eigenvalue weighted by atomic mass is 35.5. The number of benzene rings is 1. The van der Waals surface area contributed by atoms with Gasteiger partial charge < -0.3 is 15.1 Å². The highest BCUT2D eigenvalue weighted by Crippen LogP contribution is 2.25. The van der Waals surface area contributed by atoms with Crippen LogP contribution in [-0.2, 0) is 4.79 Å². The van der Waals surface area contributed by atoms with Gasteiger partial charge >= 0.3 is 6.03 Å². The molecule has 23 heavy (non-hydrogen) atoms. The van der Waals surface area contributed by atoms with Gasteiger partial charge in [0.15, 0.2) is 0 Å². The van der Waals surface area contributed by atoms with Crippen molar-refractivity contribution >= 4 is 29.2 Å². The molecule has 1 aliphatic rings. The molecule has 1 N–H and O–H groups in total. The van der Waals surface area contributed by atoms with Crippen LogP contribution in [0.2, 0.25) is 5.02 Å². The summed E-state index contributed by atoms with van der Waals surface area (Å²) >= 11 is 5.93. The predicted molar refractivity (Wildman–Crippen MR) is 88.1 cm³/mol. The number of anilines is 1. The molecular formula is C16H21ClFN3O2. The van der Waals surface area contributed by atoms with Crippen LogP contribution in [0.25, 0.3) is 0 Å². The van der Waals surface area contributed by atoms with Crippen molar-refractivity contribution in [2.45, 2.75) is 32.7 Å². The summed E-state index contributed by atoms with van der Waals surface area (Å²) in [6.07, 6.45) is 1.43. The molecule has 126 valence electrons. The maximum atomic E-state index is 13.1. The lowest BCUT2D eigenvalue weighted by Crippen LogP contribution is -2.49. The van der Waals surface area contributed by atoms with Gasteiger partial charge in [-0.2, -0.15) is 0 Å². The van der Waals surface area contributed by atoms with Gasteiger partial charge in [0.05, 0.1) is 10.7 Å². The molecular weight excluding hydrogens is 321 g/mol. The summed E-state index contributed by atoms with van der Waals surface area (Å²) in [5.74, 6) is -0.503. The first-order valence-electron chi connectivity index (χ1n) is 7.79. The van der Waals surface area contributed by atoms with E-state index in [1.165, 1.54) is 17.0 Å². The maximum Gasteiger partial charge on any atom is 0.322 e. The van der Waals surface area contributed by atoms with E-state index in [9.17, 15) is 14.0 Å². The number of carbonyl (C=O) groups is 2. The third kappa shape index (κ3) is 3.93. The van der Waals surface area contributed by atoms with Crippen molar-refractivity contribution in [3.63, 3.8) is 0 Å². The van der Waals surface area contributed by atoms with Crippen molar-refractivity contribution in [2.75, 3.05) is 25.0 Å². The Labute approximate surface area is 140 Å². The normalized spacial score (nSPS) is 17.2. The number of halogens is 2. The molecule has 1 aliphatic heterocycles. The standard InChI is InChI=1S/C16H21ClFN3O2/c1-3-20(4-2)15(22)14-6-5-9-21(14)16(23)19-13-8-7-11(18)10-12(13)17/h7-8,10,14H,3-6,9H2,1-2H3,(H,19,23)/t14-/m0/s1. The van der Waals surface area contributed by atoms with E-state index in [1.807, 2.05) is 13.8 Å². The van der Waals surface area contributed by atoms with E-state index >= 15 is 0 Å². The molecule has 0 bridgehead atoms. The number of likely N-dealkylation sites (N-methyl/N-ethyl adjacent to an activating group) is 1. The van der Waals surface area contributed by atoms with E-state index in [-0.39, 0.29) is 17.0 Å². The number of amides is 3. The van der Waals surface area contributed by atoms with Crippen molar-refractivity contribution in [3.8, 4) is 0 Å². The molecule has 3 amide bonds. The molecule has 0 unspecified atom stereocenters. The van der Waals surface area contributed by atoms with Gasteiger partial charge in [0, 0.05) is 19.6 Å². The van der Waals surface area contributed by atoms with Crippen LogP contribution in [0, 0.1) is 5.82 Å². The average molecular weight is 342 g/mol. The zero-order chi connectivity index (χ0) is 17.0. The van der Waals surface area contributed by atoms with E-state index < -0.39 is 11.9 Å². The number of hydrogen-bond donors (Lipinski definition) is 1. The first-order chi connectivity index (χ1) is 11.0. The molecule has 1 aromatic rings. The van der Waals surface area contributed by atoms with E-state index in [2.05, 4.69) is 5.32 Å². The molecule has 0 aliphatic carbocycles. The number of urea groups is 1. The minimum absolute atomic E-state index is 0.0344. The van der Waals surface area contributed by atoms with Gasteiger partial charge in [0.25, 0.3) is 0 Å². The fourth-order valence-corrected chi connectivity index (χ4v) is 3.00. The summed E-state index contributed by atoms with van der Waals surface area (Å²) in [6.45, 7) is 5.58. The SMILES string of the molecule is CCN(CC)C(=O)[C@@H]1CCCN1C(=O)Nc1ccc(F)cc1Cl. The van der Waals surface area contributed by atoms with Crippen LogP contribution in [0.3, 0.4) is 0 Å². The second-order valence-corrected chi connectivity index (χ2v) is 5.82. The highest BCUT2D eigenvalue weighted by molar-refractivity contribution is 6.33. The predicted octanol–water partition coefficient (Wildman–Crippen LogP) is 3.34. The van der Waals surface area contributed by atoms with Crippen molar-refractivity contribution in [1.29, 1.82) is 0 Å². The van der Waals surface area contributed by atoms with E-state index in [1.54, 1.807) is 4.90 Å². The number of hydrogen-bond acceptors (Lipinski definition) is 2. The van der Waals surface area contributed by atoms with Crippen LogP contribution < -0.4 is 5.32 Å². The van der Waals surface area contributed by atoms with Crippen LogP contribution in [0.1, 0.15) is 26.7 Å². The van der Waals surface area contributed by atoms with Gasteiger partial charge in [-0.05, 0) is 44.9 Å². The first-order valence-corrected chi connectivity index (χ1v) is 8.17. The number of carbonyl (C=O) groups excluding carboxylic acids is 2. The summed E-state index contributed by atoms with van der Waals surface area (Å²) in [7, 11) is 0. The second-order valence-electron chi connectivity index (χ2n) is 5.42. The Hall–Kier alpha value is -1.82. The Morgan fingerprint density at radius 1 is 1.39 bits per heavy atom. The number of nitrogens with zero attached hydrogens (tertiary/aromatic N) is 2. The van der Waals surface area contributed by atoms with Crippen molar-refractivity contribution < 1.29 is 14.0 Å². The van der Waals surface area contributed by atoms with Crippen LogP contribution in [-0.4, -0.2) is 47.4 Å². The van der Waals surface area contributed by atoms with Gasteiger partial charge in [-0.15, -0.1) is 0 Å². The van der Waals surface area contributed by atoms with Crippen molar-refractivity contribution in [3.05, 3.63) is 29.0 Å². The molecule has 2 rings (SSSR count). The summed E-state index contributed by atoms with van der Waals surface area (Å²) in [5.41, 5.74) is 0.332. The third-order valence-corrected chi connectivity index (χ3v) is 4.36. The monoisotopic (exact) mass is 341 g/mol. The maximum absolute atomic E-state index is 13.1. The topological polar surface area (TPSA) is 52.7 Å². The lowest BCUT2D eigenvalue weighted by atomic mass is 10.2. The van der Waals surface area contributed by atoms with Gasteiger partial charge in [-0.1, -0.05) is 11.6 Å². The molecule has 0 radical (unpaired) electrons. The molecule has 1 aromatic carbocycles. The lowest BCUT2D eigenvalue weighted by molar-refractivity contribution is -0.134. The van der Waals surface area contributed by atoms with Crippen LogP contribution >= 0.6 is 11.6 Å². The Bertz CT molecular complexity index is 593. The molecule has 1 heterocycles. The Morgan fingerprint density at radius 2 is 2.09 bits per heavy atom. The van der Waals surface area contributed by atoms with E-state index in [4.69, 9.17) is 11.6 Å². The van der Waals surface area contributed by atoms with Gasteiger partial charge in [-0.3, -0.25) is 4.79 Å². The first kappa shape index (κ1) is 17.5. The molecule has 1 atom stereocenters. The van der Waals surface area contributed by atoms with E-state index in [0.717, 1.165) is 12.5 Å². The Balaban J connectivity index is 2.10. The quantitative estimate of drug-likeness (QED) is 0.913. The molecule has 1 fully saturated rings. The van der Waals surface area contributed by atoms with Crippen LogP contribution in [0.15, 0.2) is 18.2 Å². The van der Waals surface area contributed by atoms with E-state index in [0.29, 0.717) is 31.7 Å². The Kier molecular flexibility index (Phi) is 5.82. The van der Waals surface area contributed by atoms with Crippen molar-refractivity contribution in [2.24, 2.45) is 0 Å². The summed E-state index contributed by atoms with van der Waals surface area (Å²) < 4.78 is 13.1. The zero-order valence-corrected chi connectivity index (χ0v) is 14.1. The largest absolute Gasteiger partial charge is 0.341 e. The Morgan fingerprint density at radius 3 is 2.70 bits per heavy atom. The third-order valence-electron chi connectivity index (χ3n) is 4.05. The fourth-order valence-electron chi connectivity index (χ4n) is 2.79. The number of likely N-dealkylation sites (tertiary alicyclic amines) is 1. The van der Waals surface area contributed by atoms with Gasteiger partial charge in [0.1, 0.15) is 11.9 Å². The molecule has 5 nitrogen and oxygen atoms in total. The average Bonchev–Trinajstić information content (AvgIpc) is 3.00. The van der Waals surface area contributed by atoms with Gasteiger partial charge in [-0.25, -0.2) is 9.18 Å².